The molecule has 0 amide bonds. The summed E-state index contributed by atoms with van der Waals surface area (Å²) >= 11 is 9.33. The molecule has 19 heavy (non-hydrogen) atoms. The molecule has 1 atom stereocenters. The molecule has 0 saturated carbocycles. The predicted molar refractivity (Wildman–Crippen MR) is 77.4 cm³/mol. The largest absolute Gasteiger partial charge is 0.480 e. The Balaban J connectivity index is 1.95. The van der Waals surface area contributed by atoms with Crippen molar-refractivity contribution < 1.29 is 9.13 Å². The van der Waals surface area contributed by atoms with Gasteiger partial charge in [-0.1, -0.05) is 39.7 Å². The van der Waals surface area contributed by atoms with Crippen LogP contribution in [-0.2, 0) is 0 Å². The SMILES string of the molecule is Fc1cc(Br)ccc1C1CNc2cccc(Cl)c2O1. The first-order valence-electron chi connectivity index (χ1n) is 5.79. The van der Waals surface area contributed by atoms with Crippen LogP contribution in [0.2, 0.25) is 5.02 Å². The van der Waals surface area contributed by atoms with Gasteiger partial charge in [-0.15, -0.1) is 0 Å². The molecule has 2 aromatic carbocycles. The maximum absolute atomic E-state index is 13.9. The van der Waals surface area contributed by atoms with E-state index in [-0.39, 0.29) is 11.9 Å². The molecule has 2 nitrogen and oxygen atoms in total. The summed E-state index contributed by atoms with van der Waals surface area (Å²) in [4.78, 5) is 0. The van der Waals surface area contributed by atoms with Gasteiger partial charge in [-0.3, -0.25) is 0 Å². The number of fused-ring (bicyclic) bond motifs is 1. The third-order valence-corrected chi connectivity index (χ3v) is 3.81. The minimum absolute atomic E-state index is 0.295. The maximum Gasteiger partial charge on any atom is 0.162 e. The molecule has 0 bridgehead atoms. The fourth-order valence-corrected chi connectivity index (χ4v) is 2.64. The highest BCUT2D eigenvalue weighted by Gasteiger charge is 2.24. The molecule has 1 heterocycles. The molecule has 0 saturated heterocycles. The summed E-state index contributed by atoms with van der Waals surface area (Å²) in [7, 11) is 0. The molecular formula is C14H10BrClFNO. The molecule has 0 aromatic heterocycles. The Hall–Kier alpha value is -1.26. The average molecular weight is 343 g/mol. The van der Waals surface area contributed by atoms with Crippen molar-refractivity contribution in [2.24, 2.45) is 0 Å². The fourth-order valence-electron chi connectivity index (χ4n) is 2.09. The van der Waals surface area contributed by atoms with Crippen LogP contribution in [0.25, 0.3) is 0 Å². The van der Waals surface area contributed by atoms with E-state index < -0.39 is 0 Å². The lowest BCUT2D eigenvalue weighted by Gasteiger charge is -2.28. The van der Waals surface area contributed by atoms with Crippen molar-refractivity contribution in [1.82, 2.24) is 0 Å². The van der Waals surface area contributed by atoms with Crippen molar-refractivity contribution in [3.05, 3.63) is 57.3 Å². The monoisotopic (exact) mass is 341 g/mol. The van der Waals surface area contributed by atoms with Gasteiger partial charge in [-0.05, 0) is 24.3 Å². The first kappa shape index (κ1) is 12.8. The first-order valence-corrected chi connectivity index (χ1v) is 6.96. The van der Waals surface area contributed by atoms with Crippen molar-refractivity contribution in [1.29, 1.82) is 0 Å². The smallest absolute Gasteiger partial charge is 0.162 e. The molecule has 1 N–H and O–H groups in total. The number of anilines is 1. The molecule has 1 aliphatic heterocycles. The van der Waals surface area contributed by atoms with Crippen LogP contribution in [0.3, 0.4) is 0 Å². The van der Waals surface area contributed by atoms with Crippen LogP contribution in [0.4, 0.5) is 10.1 Å². The van der Waals surface area contributed by atoms with Gasteiger partial charge < -0.3 is 10.1 Å². The van der Waals surface area contributed by atoms with Gasteiger partial charge in [0.05, 0.1) is 17.3 Å². The summed E-state index contributed by atoms with van der Waals surface area (Å²) in [6.07, 6.45) is -0.388. The van der Waals surface area contributed by atoms with Crippen LogP contribution in [0.15, 0.2) is 40.9 Å². The van der Waals surface area contributed by atoms with Crippen molar-refractivity contribution in [2.75, 3.05) is 11.9 Å². The van der Waals surface area contributed by atoms with E-state index in [2.05, 4.69) is 21.2 Å². The second-order valence-electron chi connectivity index (χ2n) is 4.27. The Labute approximate surface area is 123 Å². The van der Waals surface area contributed by atoms with Crippen LogP contribution >= 0.6 is 27.5 Å². The average Bonchev–Trinajstić information content (AvgIpc) is 2.39. The van der Waals surface area contributed by atoms with Gasteiger partial charge in [0.25, 0.3) is 0 Å². The number of para-hydroxylation sites is 1. The summed E-state index contributed by atoms with van der Waals surface area (Å²) in [5, 5.41) is 3.73. The molecule has 1 aliphatic rings. The lowest BCUT2D eigenvalue weighted by molar-refractivity contribution is 0.205. The van der Waals surface area contributed by atoms with Gasteiger partial charge in [0.15, 0.2) is 5.75 Å². The second kappa shape index (κ2) is 5.02. The highest BCUT2D eigenvalue weighted by Crippen LogP contribution is 2.40. The lowest BCUT2D eigenvalue weighted by atomic mass is 10.1. The Morgan fingerprint density at radius 2 is 2.16 bits per heavy atom. The quantitative estimate of drug-likeness (QED) is 0.805. The third-order valence-electron chi connectivity index (χ3n) is 3.01. The molecule has 0 radical (unpaired) electrons. The zero-order chi connectivity index (χ0) is 13.4. The van der Waals surface area contributed by atoms with Gasteiger partial charge in [-0.25, -0.2) is 4.39 Å². The topological polar surface area (TPSA) is 21.3 Å². The van der Waals surface area contributed by atoms with E-state index in [1.54, 1.807) is 18.2 Å². The number of halogens is 3. The van der Waals surface area contributed by atoms with E-state index in [1.807, 2.05) is 12.1 Å². The first-order chi connectivity index (χ1) is 9.15. The Bertz CT molecular complexity index is 635. The Kier molecular flexibility index (Phi) is 3.37. The Morgan fingerprint density at radius 1 is 1.32 bits per heavy atom. The summed E-state index contributed by atoms with van der Waals surface area (Å²) in [5.74, 6) is 0.277. The second-order valence-corrected chi connectivity index (χ2v) is 5.59. The van der Waals surface area contributed by atoms with Crippen LogP contribution in [0, 0.1) is 5.82 Å². The van der Waals surface area contributed by atoms with Gasteiger partial charge in [0.2, 0.25) is 0 Å². The molecule has 5 heteroatoms. The summed E-state index contributed by atoms with van der Waals surface area (Å²) in [6.45, 7) is 0.506. The minimum atomic E-state index is -0.388. The standard InChI is InChI=1S/C14H10BrClFNO/c15-8-4-5-9(11(17)6-8)13-7-18-12-3-1-2-10(16)14(12)19-13/h1-6,13,18H,7H2. The van der Waals surface area contributed by atoms with Crippen LogP contribution < -0.4 is 10.1 Å². The molecule has 98 valence electrons. The number of ether oxygens (including phenoxy) is 1. The molecule has 3 rings (SSSR count). The lowest BCUT2D eigenvalue weighted by Crippen LogP contribution is -2.24. The van der Waals surface area contributed by atoms with Gasteiger partial charge in [0.1, 0.15) is 11.9 Å². The summed E-state index contributed by atoms with van der Waals surface area (Å²) < 4.78 is 20.5. The van der Waals surface area contributed by atoms with Gasteiger partial charge >= 0.3 is 0 Å². The number of rotatable bonds is 1. The third kappa shape index (κ3) is 2.42. The van der Waals surface area contributed by atoms with E-state index in [4.69, 9.17) is 16.3 Å². The van der Waals surface area contributed by atoms with E-state index in [0.717, 1.165) is 5.69 Å². The van der Waals surface area contributed by atoms with Crippen molar-refractivity contribution >= 4 is 33.2 Å². The van der Waals surface area contributed by atoms with Crippen LogP contribution in [-0.4, -0.2) is 6.54 Å². The van der Waals surface area contributed by atoms with Gasteiger partial charge in [-0.2, -0.15) is 0 Å². The van der Waals surface area contributed by atoms with Crippen molar-refractivity contribution in [3.63, 3.8) is 0 Å². The molecule has 0 spiro atoms. The van der Waals surface area contributed by atoms with E-state index in [9.17, 15) is 4.39 Å². The number of nitrogens with one attached hydrogen (secondary N) is 1. The molecule has 0 aliphatic carbocycles. The molecule has 1 unspecified atom stereocenters. The number of benzene rings is 2. The highest BCUT2D eigenvalue weighted by atomic mass is 79.9. The fraction of sp³-hybridized carbons (Fsp3) is 0.143. The van der Waals surface area contributed by atoms with Crippen LogP contribution in [0.5, 0.6) is 5.75 Å². The van der Waals surface area contributed by atoms with E-state index in [1.165, 1.54) is 6.07 Å². The maximum atomic E-state index is 13.9. The molecule has 0 fully saturated rings. The predicted octanol–water partition coefficient (Wildman–Crippen LogP) is 4.79. The normalized spacial score (nSPS) is 17.3. The minimum Gasteiger partial charge on any atom is -0.480 e. The molecule has 2 aromatic rings. The van der Waals surface area contributed by atoms with Crippen molar-refractivity contribution in [2.45, 2.75) is 6.10 Å². The molecular weight excluding hydrogens is 333 g/mol. The summed E-state index contributed by atoms with van der Waals surface area (Å²) in [6, 6.07) is 10.4. The number of hydrogen-bond donors (Lipinski definition) is 1. The van der Waals surface area contributed by atoms with Crippen molar-refractivity contribution in [3.8, 4) is 5.75 Å². The highest BCUT2D eigenvalue weighted by molar-refractivity contribution is 9.10. The number of hydrogen-bond acceptors (Lipinski definition) is 2. The Morgan fingerprint density at radius 3 is 2.95 bits per heavy atom. The van der Waals surface area contributed by atoms with E-state index in [0.29, 0.717) is 27.4 Å². The van der Waals surface area contributed by atoms with Crippen LogP contribution in [0.1, 0.15) is 11.7 Å². The summed E-state index contributed by atoms with van der Waals surface area (Å²) in [5.41, 5.74) is 1.35. The van der Waals surface area contributed by atoms with Gasteiger partial charge in [0, 0.05) is 10.0 Å². The van der Waals surface area contributed by atoms with E-state index >= 15 is 0 Å². The zero-order valence-corrected chi connectivity index (χ0v) is 12.1. The zero-order valence-electron chi connectivity index (χ0n) is 9.79.